The summed E-state index contributed by atoms with van der Waals surface area (Å²) in [6, 6.07) is 8.93. The molecule has 2 aromatic carbocycles. The number of benzene rings is 2. The molecule has 1 aliphatic heterocycles. The normalized spacial score (nSPS) is 15.3. The highest BCUT2D eigenvalue weighted by Crippen LogP contribution is 2.35. The molecule has 2 N–H and O–H groups in total. The van der Waals surface area contributed by atoms with Gasteiger partial charge in [-0.2, -0.15) is 23.3 Å². The van der Waals surface area contributed by atoms with Gasteiger partial charge in [0.2, 0.25) is 11.9 Å². The number of nitrogens with zero attached hydrogens (tertiary/aromatic N) is 3. The summed E-state index contributed by atoms with van der Waals surface area (Å²) in [5.41, 5.74) is -0.138. The van der Waals surface area contributed by atoms with Crippen molar-refractivity contribution in [3.63, 3.8) is 0 Å². The highest BCUT2D eigenvalue weighted by Gasteiger charge is 2.31. The van der Waals surface area contributed by atoms with Crippen LogP contribution in [0.5, 0.6) is 11.5 Å². The first-order chi connectivity index (χ1) is 16.2. The van der Waals surface area contributed by atoms with Gasteiger partial charge in [0.05, 0.1) is 24.6 Å². The van der Waals surface area contributed by atoms with E-state index in [4.69, 9.17) is 9.47 Å². The Labute approximate surface area is 191 Å². The van der Waals surface area contributed by atoms with Gasteiger partial charge in [0.1, 0.15) is 6.33 Å². The Bertz CT molecular complexity index is 1210. The number of fused-ring (bicyclic) bond motifs is 1. The van der Waals surface area contributed by atoms with Gasteiger partial charge >= 0.3 is 6.18 Å². The summed E-state index contributed by atoms with van der Waals surface area (Å²) >= 11 is 0. The summed E-state index contributed by atoms with van der Waals surface area (Å²) in [5, 5.41) is 9.19. The molecule has 1 atom stereocenters. The van der Waals surface area contributed by atoms with E-state index in [1.165, 1.54) is 18.5 Å². The molecule has 34 heavy (non-hydrogen) atoms. The first-order valence-corrected chi connectivity index (χ1v) is 10.3. The molecule has 4 rings (SSSR count). The Morgan fingerprint density at radius 2 is 2.03 bits per heavy atom. The van der Waals surface area contributed by atoms with Gasteiger partial charge in [-0.05, 0) is 42.8 Å². The van der Waals surface area contributed by atoms with Crippen molar-refractivity contribution in [1.29, 1.82) is 0 Å². The van der Waals surface area contributed by atoms with E-state index in [9.17, 15) is 22.8 Å². The smallest absolute Gasteiger partial charge is 0.416 e. The average molecular weight is 475 g/mol. The number of halogens is 3. The lowest BCUT2D eigenvalue weighted by Gasteiger charge is -2.24. The predicted molar refractivity (Wildman–Crippen MR) is 115 cm³/mol. The highest BCUT2D eigenvalue weighted by atomic mass is 19.4. The second kappa shape index (κ2) is 9.41. The maximum absolute atomic E-state index is 12.9. The van der Waals surface area contributed by atoms with Crippen LogP contribution in [-0.2, 0) is 15.8 Å². The molecule has 0 bridgehead atoms. The maximum atomic E-state index is 12.9. The minimum atomic E-state index is -4.52. The standard InChI is InChI=1S/C22H20F3N5O4/c1-2-33-18-8-13(16-10-19(31)29-21-26-12-27-30(16)21)6-7-17(18)34-11-20(32)28-15-5-3-4-14(9-15)22(23,24)25/h3-9,12,16H,2,10-11H2,1H3,(H,28,32)(H,26,27,29,31)/t16-/m1/s1. The summed E-state index contributed by atoms with van der Waals surface area (Å²) in [6.45, 7) is 1.64. The lowest BCUT2D eigenvalue weighted by atomic mass is 10.0. The molecule has 12 heteroatoms. The molecule has 0 spiro atoms. The molecule has 0 radical (unpaired) electrons. The number of nitrogens with one attached hydrogen (secondary N) is 2. The summed E-state index contributed by atoms with van der Waals surface area (Å²) in [4.78, 5) is 28.3. The molecule has 0 saturated heterocycles. The van der Waals surface area contributed by atoms with E-state index >= 15 is 0 Å². The Morgan fingerprint density at radius 3 is 2.79 bits per heavy atom. The molecule has 0 fully saturated rings. The van der Waals surface area contributed by atoms with Gasteiger partial charge in [-0.3, -0.25) is 14.9 Å². The zero-order valence-electron chi connectivity index (χ0n) is 17.9. The van der Waals surface area contributed by atoms with E-state index in [1.807, 2.05) is 0 Å². The van der Waals surface area contributed by atoms with Gasteiger partial charge in [-0.15, -0.1) is 0 Å². The molecule has 9 nitrogen and oxygen atoms in total. The van der Waals surface area contributed by atoms with Crippen molar-refractivity contribution in [3.05, 3.63) is 59.9 Å². The van der Waals surface area contributed by atoms with Crippen molar-refractivity contribution in [2.75, 3.05) is 23.8 Å². The third kappa shape index (κ3) is 5.11. The lowest BCUT2D eigenvalue weighted by Crippen LogP contribution is -2.29. The van der Waals surface area contributed by atoms with Crippen molar-refractivity contribution in [1.82, 2.24) is 14.8 Å². The molecule has 3 aromatic rings. The van der Waals surface area contributed by atoms with Gasteiger partial charge in [-0.25, -0.2) is 4.68 Å². The Hall–Kier alpha value is -4.09. The number of amides is 2. The number of hydrogen-bond donors (Lipinski definition) is 2. The van der Waals surface area contributed by atoms with E-state index in [0.29, 0.717) is 18.3 Å². The van der Waals surface area contributed by atoms with Crippen molar-refractivity contribution in [2.45, 2.75) is 25.6 Å². The van der Waals surface area contributed by atoms with Crippen LogP contribution in [0.4, 0.5) is 24.8 Å². The van der Waals surface area contributed by atoms with E-state index < -0.39 is 30.3 Å². The molecule has 1 aromatic heterocycles. The van der Waals surface area contributed by atoms with Crippen LogP contribution in [0.15, 0.2) is 48.8 Å². The van der Waals surface area contributed by atoms with Crippen LogP contribution >= 0.6 is 0 Å². The van der Waals surface area contributed by atoms with E-state index in [1.54, 1.807) is 29.8 Å². The second-order valence-electron chi connectivity index (χ2n) is 7.35. The number of hydrogen-bond acceptors (Lipinski definition) is 6. The number of aromatic nitrogens is 3. The van der Waals surface area contributed by atoms with E-state index in [2.05, 4.69) is 20.7 Å². The molecule has 178 valence electrons. The third-order valence-electron chi connectivity index (χ3n) is 4.98. The Kier molecular flexibility index (Phi) is 6.39. The lowest BCUT2D eigenvalue weighted by molar-refractivity contribution is -0.137. The van der Waals surface area contributed by atoms with Crippen LogP contribution in [0.3, 0.4) is 0 Å². The first kappa shape index (κ1) is 23.1. The minimum Gasteiger partial charge on any atom is -0.490 e. The first-order valence-electron chi connectivity index (χ1n) is 10.3. The molecule has 2 heterocycles. The van der Waals surface area contributed by atoms with Crippen molar-refractivity contribution in [2.24, 2.45) is 0 Å². The molecular formula is C22H20F3N5O4. The number of ether oxygens (including phenoxy) is 2. The summed E-state index contributed by atoms with van der Waals surface area (Å²) in [6.07, 6.45) is -3.02. The topological polar surface area (TPSA) is 107 Å². The van der Waals surface area contributed by atoms with Gasteiger partial charge in [0.15, 0.2) is 18.1 Å². The molecule has 2 amide bonds. The zero-order valence-corrected chi connectivity index (χ0v) is 17.9. The molecule has 0 saturated carbocycles. The summed E-state index contributed by atoms with van der Waals surface area (Å²) < 4.78 is 51.4. The van der Waals surface area contributed by atoms with Crippen LogP contribution < -0.4 is 20.1 Å². The average Bonchev–Trinajstić information content (AvgIpc) is 3.26. The van der Waals surface area contributed by atoms with E-state index in [0.717, 1.165) is 17.7 Å². The van der Waals surface area contributed by atoms with Gasteiger partial charge in [-0.1, -0.05) is 12.1 Å². The van der Waals surface area contributed by atoms with Gasteiger partial charge in [0.25, 0.3) is 5.91 Å². The van der Waals surface area contributed by atoms with Crippen molar-refractivity contribution < 1.29 is 32.2 Å². The number of alkyl halides is 3. The number of carbonyl (C=O) groups excluding carboxylic acids is 2. The predicted octanol–water partition coefficient (Wildman–Crippen LogP) is 3.64. The van der Waals surface area contributed by atoms with Crippen molar-refractivity contribution >= 4 is 23.5 Å². The molecule has 0 unspecified atom stereocenters. The largest absolute Gasteiger partial charge is 0.490 e. The van der Waals surface area contributed by atoms with Crippen molar-refractivity contribution in [3.8, 4) is 11.5 Å². The maximum Gasteiger partial charge on any atom is 0.416 e. The zero-order chi connectivity index (χ0) is 24.3. The van der Waals surface area contributed by atoms with Gasteiger partial charge < -0.3 is 14.8 Å². The third-order valence-corrected chi connectivity index (χ3v) is 4.98. The number of rotatable bonds is 7. The fourth-order valence-electron chi connectivity index (χ4n) is 3.50. The fourth-order valence-corrected chi connectivity index (χ4v) is 3.50. The molecule has 1 aliphatic rings. The monoisotopic (exact) mass is 475 g/mol. The molecule has 0 aliphatic carbocycles. The highest BCUT2D eigenvalue weighted by molar-refractivity contribution is 5.92. The Balaban J connectivity index is 1.47. The van der Waals surface area contributed by atoms with E-state index in [-0.39, 0.29) is 23.8 Å². The molecular weight excluding hydrogens is 455 g/mol. The quantitative estimate of drug-likeness (QED) is 0.540. The van der Waals surface area contributed by atoms with Crippen LogP contribution in [0.25, 0.3) is 0 Å². The van der Waals surface area contributed by atoms with Crippen LogP contribution in [0.1, 0.15) is 30.5 Å². The Morgan fingerprint density at radius 1 is 1.21 bits per heavy atom. The second-order valence-corrected chi connectivity index (χ2v) is 7.35. The van der Waals surface area contributed by atoms with Crippen LogP contribution in [0.2, 0.25) is 0 Å². The van der Waals surface area contributed by atoms with Crippen LogP contribution in [0, 0.1) is 0 Å². The number of anilines is 2. The summed E-state index contributed by atoms with van der Waals surface area (Å²) in [7, 11) is 0. The SMILES string of the molecule is CCOc1cc([C@H]2CC(=O)Nc3ncnn32)ccc1OCC(=O)Nc1cccc(C(F)(F)F)c1. The van der Waals surface area contributed by atoms with Crippen LogP contribution in [-0.4, -0.2) is 39.8 Å². The number of carbonyl (C=O) groups is 2. The summed E-state index contributed by atoms with van der Waals surface area (Å²) in [5.74, 6) is 0.117. The van der Waals surface area contributed by atoms with Gasteiger partial charge in [0, 0.05) is 5.69 Å². The minimum absolute atomic E-state index is 0.00279. The fraction of sp³-hybridized carbons (Fsp3) is 0.273.